The molecule has 0 saturated heterocycles. The maximum absolute atomic E-state index is 11.8. The second-order valence-corrected chi connectivity index (χ2v) is 6.34. The van der Waals surface area contributed by atoms with Gasteiger partial charge in [-0.05, 0) is 46.0 Å². The fourth-order valence-corrected chi connectivity index (χ4v) is 2.70. The molecule has 1 aliphatic rings. The highest BCUT2D eigenvalue weighted by Crippen LogP contribution is 2.42. The Morgan fingerprint density at radius 1 is 1.35 bits per heavy atom. The van der Waals surface area contributed by atoms with Crippen molar-refractivity contribution in [1.82, 2.24) is 5.32 Å². The third-order valence-corrected chi connectivity index (χ3v) is 3.43. The lowest BCUT2D eigenvalue weighted by atomic mass is 9.65. The number of alkyl carbamates (subject to hydrolysis) is 1. The number of rotatable bonds is 4. The molecule has 3 nitrogen and oxygen atoms in total. The van der Waals surface area contributed by atoms with Crippen molar-refractivity contribution in [3.63, 3.8) is 0 Å². The molecule has 17 heavy (non-hydrogen) atoms. The topological polar surface area (TPSA) is 38.3 Å². The molecule has 0 bridgehead atoms. The van der Waals surface area contributed by atoms with Crippen molar-refractivity contribution in [1.29, 1.82) is 0 Å². The number of hydrogen-bond acceptors (Lipinski definition) is 2. The van der Waals surface area contributed by atoms with Crippen molar-refractivity contribution in [3.8, 4) is 0 Å². The molecule has 0 atom stereocenters. The molecule has 0 aromatic carbocycles. The van der Waals surface area contributed by atoms with Gasteiger partial charge in [0.1, 0.15) is 5.60 Å². The summed E-state index contributed by atoms with van der Waals surface area (Å²) in [6, 6.07) is 0. The number of hydrogen-bond donors (Lipinski definition) is 1. The van der Waals surface area contributed by atoms with E-state index in [1.165, 1.54) is 6.42 Å². The van der Waals surface area contributed by atoms with Crippen molar-refractivity contribution in [3.05, 3.63) is 0 Å². The number of ether oxygens (including phenoxy) is 1. The predicted octanol–water partition coefficient (Wildman–Crippen LogP) is 3.87. The first kappa shape index (κ1) is 14.3. The number of carbonyl (C=O) groups excluding carboxylic acids is 1. The van der Waals surface area contributed by atoms with E-state index < -0.39 is 5.60 Å². The lowest BCUT2D eigenvalue weighted by Gasteiger charge is -2.48. The Balaban J connectivity index is 2.49. The molecule has 1 fully saturated rings. The Kier molecular flexibility index (Phi) is 4.45. The average molecular weight is 241 g/mol. The lowest BCUT2D eigenvalue weighted by Crippen LogP contribution is -2.57. The normalized spacial score (nSPS) is 28.4. The summed E-state index contributed by atoms with van der Waals surface area (Å²) in [5.74, 6) is 0.775. The van der Waals surface area contributed by atoms with Crippen LogP contribution in [0.3, 0.4) is 0 Å². The zero-order valence-electron chi connectivity index (χ0n) is 11.9. The van der Waals surface area contributed by atoms with Crippen LogP contribution in [0.5, 0.6) is 0 Å². The maximum Gasteiger partial charge on any atom is 0.408 e. The summed E-state index contributed by atoms with van der Waals surface area (Å²) in [6.45, 7) is 10.1. The average Bonchev–Trinajstić information content (AvgIpc) is 2.09. The first-order valence-electron chi connectivity index (χ1n) is 6.81. The van der Waals surface area contributed by atoms with Gasteiger partial charge in [0.25, 0.3) is 0 Å². The van der Waals surface area contributed by atoms with Crippen molar-refractivity contribution in [2.45, 2.75) is 77.9 Å². The monoisotopic (exact) mass is 241 g/mol. The second-order valence-electron chi connectivity index (χ2n) is 6.34. The van der Waals surface area contributed by atoms with E-state index in [1.54, 1.807) is 0 Å². The minimum atomic E-state index is -0.411. The quantitative estimate of drug-likeness (QED) is 0.811. The second kappa shape index (κ2) is 5.28. The molecule has 1 amide bonds. The van der Waals surface area contributed by atoms with Crippen LogP contribution in [0.15, 0.2) is 0 Å². The van der Waals surface area contributed by atoms with E-state index in [0.717, 1.165) is 31.6 Å². The minimum Gasteiger partial charge on any atom is -0.444 e. The lowest BCUT2D eigenvalue weighted by molar-refractivity contribution is 0.0257. The molecule has 3 heteroatoms. The van der Waals surface area contributed by atoms with Crippen LogP contribution in [-0.2, 0) is 4.74 Å². The van der Waals surface area contributed by atoms with Crippen LogP contribution in [0.1, 0.15) is 66.7 Å². The van der Waals surface area contributed by atoms with Gasteiger partial charge in [-0.2, -0.15) is 0 Å². The highest BCUT2D eigenvalue weighted by Gasteiger charge is 2.44. The molecule has 1 aliphatic carbocycles. The highest BCUT2D eigenvalue weighted by atomic mass is 16.6. The molecule has 0 aliphatic heterocycles. The van der Waals surface area contributed by atoms with E-state index in [-0.39, 0.29) is 11.6 Å². The zero-order chi connectivity index (χ0) is 13.1. The smallest absolute Gasteiger partial charge is 0.408 e. The van der Waals surface area contributed by atoms with Crippen LogP contribution in [0.2, 0.25) is 0 Å². The molecule has 0 radical (unpaired) electrons. The summed E-state index contributed by atoms with van der Waals surface area (Å²) < 4.78 is 5.33. The van der Waals surface area contributed by atoms with E-state index in [2.05, 4.69) is 19.2 Å². The molecule has 0 aromatic heterocycles. The SMILES string of the molecule is CCCC1(NC(=O)OC(C)(C)C)CC(CC)C1. The van der Waals surface area contributed by atoms with Crippen LogP contribution in [-0.4, -0.2) is 17.2 Å². The van der Waals surface area contributed by atoms with Crippen LogP contribution in [0, 0.1) is 5.92 Å². The summed E-state index contributed by atoms with van der Waals surface area (Å²) in [7, 11) is 0. The van der Waals surface area contributed by atoms with Crippen LogP contribution >= 0.6 is 0 Å². The van der Waals surface area contributed by atoms with E-state index in [1.807, 2.05) is 20.8 Å². The third-order valence-electron chi connectivity index (χ3n) is 3.43. The molecule has 0 aromatic rings. The molecule has 1 rings (SSSR count). The van der Waals surface area contributed by atoms with Crippen LogP contribution < -0.4 is 5.32 Å². The van der Waals surface area contributed by atoms with Gasteiger partial charge in [0.15, 0.2) is 0 Å². The van der Waals surface area contributed by atoms with Gasteiger partial charge in [-0.15, -0.1) is 0 Å². The van der Waals surface area contributed by atoms with E-state index in [4.69, 9.17) is 4.74 Å². The highest BCUT2D eigenvalue weighted by molar-refractivity contribution is 5.69. The van der Waals surface area contributed by atoms with Crippen LogP contribution in [0.4, 0.5) is 4.79 Å². The summed E-state index contributed by atoms with van der Waals surface area (Å²) in [6.07, 6.45) is 5.32. The van der Waals surface area contributed by atoms with Gasteiger partial charge in [0, 0.05) is 5.54 Å². The Hall–Kier alpha value is -0.730. The summed E-state index contributed by atoms with van der Waals surface area (Å²) >= 11 is 0. The predicted molar refractivity (Wildman–Crippen MR) is 70.0 cm³/mol. The standard InChI is InChI=1S/C14H27NO2/c1-6-8-14(9-11(7-2)10-14)15-12(16)17-13(3,4)5/h11H,6-10H2,1-5H3,(H,15,16). The number of amides is 1. The van der Waals surface area contributed by atoms with E-state index in [9.17, 15) is 4.79 Å². The fourth-order valence-electron chi connectivity index (χ4n) is 2.70. The van der Waals surface area contributed by atoms with Gasteiger partial charge in [-0.1, -0.05) is 26.7 Å². The van der Waals surface area contributed by atoms with E-state index in [0.29, 0.717) is 0 Å². The van der Waals surface area contributed by atoms with E-state index >= 15 is 0 Å². The van der Waals surface area contributed by atoms with Gasteiger partial charge >= 0.3 is 6.09 Å². The molecule has 1 N–H and O–H groups in total. The third kappa shape index (κ3) is 4.21. The van der Waals surface area contributed by atoms with Gasteiger partial charge in [0.05, 0.1) is 0 Å². The summed E-state index contributed by atoms with van der Waals surface area (Å²) in [5.41, 5.74) is -0.400. The zero-order valence-corrected chi connectivity index (χ0v) is 11.9. The summed E-state index contributed by atoms with van der Waals surface area (Å²) in [5, 5.41) is 3.09. The van der Waals surface area contributed by atoms with Crippen molar-refractivity contribution in [2.24, 2.45) is 5.92 Å². The molecule has 0 unspecified atom stereocenters. The van der Waals surface area contributed by atoms with Crippen molar-refractivity contribution < 1.29 is 9.53 Å². The largest absolute Gasteiger partial charge is 0.444 e. The minimum absolute atomic E-state index is 0.0117. The Labute approximate surface area is 105 Å². The first-order valence-corrected chi connectivity index (χ1v) is 6.81. The van der Waals surface area contributed by atoms with Crippen molar-refractivity contribution in [2.75, 3.05) is 0 Å². The maximum atomic E-state index is 11.8. The molecule has 1 saturated carbocycles. The van der Waals surface area contributed by atoms with Crippen LogP contribution in [0.25, 0.3) is 0 Å². The Morgan fingerprint density at radius 2 is 1.94 bits per heavy atom. The summed E-state index contributed by atoms with van der Waals surface area (Å²) in [4.78, 5) is 11.8. The van der Waals surface area contributed by atoms with Gasteiger partial charge in [0.2, 0.25) is 0 Å². The Morgan fingerprint density at radius 3 is 2.35 bits per heavy atom. The van der Waals surface area contributed by atoms with Gasteiger partial charge < -0.3 is 10.1 Å². The fraction of sp³-hybridized carbons (Fsp3) is 0.929. The first-order chi connectivity index (χ1) is 7.80. The molecule has 0 heterocycles. The molecular formula is C14H27NO2. The number of nitrogens with one attached hydrogen (secondary N) is 1. The molecule has 0 spiro atoms. The van der Waals surface area contributed by atoms with Gasteiger partial charge in [-0.25, -0.2) is 4.79 Å². The molecular weight excluding hydrogens is 214 g/mol. The number of carbonyl (C=O) groups is 1. The Bertz CT molecular complexity index is 262. The van der Waals surface area contributed by atoms with Crippen molar-refractivity contribution >= 4 is 6.09 Å². The molecule has 100 valence electrons. The van der Waals surface area contributed by atoms with Gasteiger partial charge in [-0.3, -0.25) is 0 Å².